The molecular weight excluding hydrogens is 304 g/mol. The number of aromatic nitrogens is 2. The highest BCUT2D eigenvalue weighted by Crippen LogP contribution is 2.30. The van der Waals surface area contributed by atoms with E-state index in [0.717, 1.165) is 18.7 Å². The van der Waals surface area contributed by atoms with Crippen LogP contribution in [0.2, 0.25) is 0 Å². The second-order valence-corrected chi connectivity index (χ2v) is 6.50. The van der Waals surface area contributed by atoms with Crippen LogP contribution in [0, 0.1) is 6.92 Å². The summed E-state index contributed by atoms with van der Waals surface area (Å²) in [5.74, 6) is 0. The zero-order valence-corrected chi connectivity index (χ0v) is 14.6. The molecule has 2 N–H and O–H groups in total. The molecule has 24 heavy (non-hydrogen) atoms. The van der Waals surface area contributed by atoms with E-state index in [1.165, 1.54) is 36.4 Å². The smallest absolute Gasteiger partial charge is 0.406 e. The van der Waals surface area contributed by atoms with Crippen LogP contribution >= 0.6 is 0 Å². The zero-order valence-electron chi connectivity index (χ0n) is 14.6. The van der Waals surface area contributed by atoms with Crippen LogP contribution in [0.25, 0.3) is 10.9 Å². The number of alkyl carbamates (subject to hydrolysis) is 1. The highest BCUT2D eigenvalue weighted by atomic mass is 16.5. The van der Waals surface area contributed by atoms with Crippen molar-refractivity contribution in [1.29, 1.82) is 0 Å². The monoisotopic (exact) mass is 330 g/mol. The average Bonchev–Trinajstić information content (AvgIpc) is 3.30. The molecule has 0 aromatic carbocycles. The van der Waals surface area contributed by atoms with Crippen molar-refractivity contribution in [3.63, 3.8) is 0 Å². The third-order valence-corrected chi connectivity index (χ3v) is 4.56. The van der Waals surface area contributed by atoms with E-state index in [0.29, 0.717) is 18.6 Å². The van der Waals surface area contributed by atoms with Gasteiger partial charge in [-0.2, -0.15) is 0 Å². The van der Waals surface area contributed by atoms with Gasteiger partial charge in [-0.3, -0.25) is 4.98 Å². The first kappa shape index (κ1) is 16.8. The molecule has 1 aliphatic rings. The number of nitrogens with one attached hydrogen (secondary N) is 2. The molecule has 1 saturated carbocycles. The molecule has 1 unspecified atom stereocenters. The first-order chi connectivity index (χ1) is 11.6. The number of ether oxygens (including phenoxy) is 1. The van der Waals surface area contributed by atoms with Crippen LogP contribution < -0.4 is 10.6 Å². The van der Waals surface area contributed by atoms with E-state index in [-0.39, 0.29) is 6.09 Å². The SMILES string of the molecule is COC(=O)NCCCn1cc(C(C)NC2CC2)c2ccnc(C)c21. The fraction of sp³-hybridized carbons (Fsp3) is 0.556. The Morgan fingerprint density at radius 3 is 3.00 bits per heavy atom. The number of nitrogens with zero attached hydrogens (tertiary/aromatic N) is 2. The van der Waals surface area contributed by atoms with Crippen LogP contribution in [0.4, 0.5) is 4.79 Å². The summed E-state index contributed by atoms with van der Waals surface area (Å²) in [6.45, 7) is 5.71. The number of fused-ring (bicyclic) bond motifs is 1. The number of hydrogen-bond acceptors (Lipinski definition) is 4. The summed E-state index contributed by atoms with van der Waals surface area (Å²) in [4.78, 5) is 15.6. The summed E-state index contributed by atoms with van der Waals surface area (Å²) in [5.41, 5.74) is 3.55. The largest absolute Gasteiger partial charge is 0.453 e. The molecule has 6 heteroatoms. The minimum Gasteiger partial charge on any atom is -0.453 e. The van der Waals surface area contributed by atoms with Gasteiger partial charge in [0.2, 0.25) is 0 Å². The zero-order chi connectivity index (χ0) is 17.1. The second-order valence-electron chi connectivity index (χ2n) is 6.50. The van der Waals surface area contributed by atoms with E-state index < -0.39 is 0 Å². The Labute approximate surface area is 142 Å². The fourth-order valence-electron chi connectivity index (χ4n) is 3.18. The number of hydrogen-bond donors (Lipinski definition) is 2. The maximum atomic E-state index is 11.1. The molecule has 2 aromatic rings. The Balaban J connectivity index is 1.77. The van der Waals surface area contributed by atoms with E-state index in [2.05, 4.69) is 44.1 Å². The molecule has 2 heterocycles. The summed E-state index contributed by atoms with van der Waals surface area (Å²) in [7, 11) is 1.38. The number of amides is 1. The summed E-state index contributed by atoms with van der Waals surface area (Å²) < 4.78 is 6.86. The van der Waals surface area contributed by atoms with Crippen molar-refractivity contribution >= 4 is 17.0 Å². The van der Waals surface area contributed by atoms with Crippen molar-refractivity contribution in [2.45, 2.75) is 51.7 Å². The van der Waals surface area contributed by atoms with Crippen LogP contribution in [0.5, 0.6) is 0 Å². The molecule has 0 saturated heterocycles. The van der Waals surface area contributed by atoms with Gasteiger partial charge in [-0.25, -0.2) is 4.79 Å². The Bertz CT molecular complexity index is 721. The highest BCUT2D eigenvalue weighted by molar-refractivity contribution is 5.86. The van der Waals surface area contributed by atoms with Crippen molar-refractivity contribution < 1.29 is 9.53 Å². The molecule has 130 valence electrons. The van der Waals surface area contributed by atoms with Gasteiger partial charge in [0.25, 0.3) is 0 Å². The number of carbonyl (C=O) groups excluding carboxylic acids is 1. The van der Waals surface area contributed by atoms with Crippen molar-refractivity contribution in [3.05, 3.63) is 29.7 Å². The summed E-state index contributed by atoms with van der Waals surface area (Å²) in [6.07, 6.45) is 7.14. The normalized spacial score (nSPS) is 15.5. The van der Waals surface area contributed by atoms with Gasteiger partial charge in [0, 0.05) is 43.0 Å². The Kier molecular flexibility index (Phi) is 5.04. The van der Waals surface area contributed by atoms with E-state index in [4.69, 9.17) is 0 Å². The quantitative estimate of drug-likeness (QED) is 0.766. The van der Waals surface area contributed by atoms with Crippen LogP contribution in [0.1, 0.15) is 43.5 Å². The van der Waals surface area contributed by atoms with Gasteiger partial charge in [0.05, 0.1) is 18.3 Å². The molecule has 1 aliphatic carbocycles. The van der Waals surface area contributed by atoms with E-state index >= 15 is 0 Å². The lowest BCUT2D eigenvalue weighted by atomic mass is 10.1. The van der Waals surface area contributed by atoms with Gasteiger partial charge in [0.1, 0.15) is 0 Å². The second kappa shape index (κ2) is 7.21. The average molecular weight is 330 g/mol. The topological polar surface area (TPSA) is 68.2 Å². The number of pyridine rings is 1. The number of carbonyl (C=O) groups is 1. The molecule has 2 aromatic heterocycles. The van der Waals surface area contributed by atoms with Crippen molar-refractivity contribution in [2.24, 2.45) is 0 Å². The van der Waals surface area contributed by atoms with Crippen LogP contribution in [0.15, 0.2) is 18.5 Å². The fourth-order valence-corrected chi connectivity index (χ4v) is 3.18. The van der Waals surface area contributed by atoms with Crippen LogP contribution in [-0.2, 0) is 11.3 Å². The Hall–Kier alpha value is -2.08. The van der Waals surface area contributed by atoms with Crippen LogP contribution in [-0.4, -0.2) is 35.3 Å². The molecule has 3 rings (SSSR count). The number of aryl methyl sites for hydroxylation is 2. The standard InChI is InChI=1S/C18H26N4O2/c1-12(21-14-5-6-14)16-11-22(10-4-8-20-18(23)24-3)17-13(2)19-9-7-15(16)17/h7,9,11-12,14,21H,4-6,8,10H2,1-3H3,(H,20,23). The van der Waals surface area contributed by atoms with E-state index in [1.807, 2.05) is 13.1 Å². The lowest BCUT2D eigenvalue weighted by Gasteiger charge is -2.12. The first-order valence-electron chi connectivity index (χ1n) is 8.62. The molecule has 0 radical (unpaired) electrons. The third kappa shape index (κ3) is 3.70. The molecule has 0 bridgehead atoms. The molecule has 0 spiro atoms. The van der Waals surface area contributed by atoms with Crippen molar-refractivity contribution in [3.8, 4) is 0 Å². The van der Waals surface area contributed by atoms with Gasteiger partial charge in [0.15, 0.2) is 0 Å². The molecule has 1 fully saturated rings. The highest BCUT2D eigenvalue weighted by Gasteiger charge is 2.25. The van der Waals surface area contributed by atoms with Crippen molar-refractivity contribution in [1.82, 2.24) is 20.2 Å². The van der Waals surface area contributed by atoms with Gasteiger partial charge in [-0.1, -0.05) is 0 Å². The summed E-state index contributed by atoms with van der Waals surface area (Å²) in [6, 6.07) is 3.10. The maximum absolute atomic E-state index is 11.1. The van der Waals surface area contributed by atoms with Crippen LogP contribution in [0.3, 0.4) is 0 Å². The molecule has 1 atom stereocenters. The minimum absolute atomic E-state index is 0.330. The molecule has 0 aliphatic heterocycles. The predicted octanol–water partition coefficient (Wildman–Crippen LogP) is 2.90. The Morgan fingerprint density at radius 2 is 2.29 bits per heavy atom. The maximum Gasteiger partial charge on any atom is 0.406 e. The van der Waals surface area contributed by atoms with Gasteiger partial charge >= 0.3 is 6.09 Å². The van der Waals surface area contributed by atoms with E-state index in [1.54, 1.807) is 0 Å². The summed E-state index contributed by atoms with van der Waals surface area (Å²) in [5, 5.41) is 7.67. The molecule has 6 nitrogen and oxygen atoms in total. The van der Waals surface area contributed by atoms with Gasteiger partial charge in [-0.15, -0.1) is 0 Å². The van der Waals surface area contributed by atoms with Gasteiger partial charge < -0.3 is 19.9 Å². The lowest BCUT2D eigenvalue weighted by molar-refractivity contribution is 0.171. The van der Waals surface area contributed by atoms with Gasteiger partial charge in [-0.05, 0) is 44.7 Å². The molecular formula is C18H26N4O2. The molecule has 1 amide bonds. The minimum atomic E-state index is -0.381. The third-order valence-electron chi connectivity index (χ3n) is 4.56. The summed E-state index contributed by atoms with van der Waals surface area (Å²) >= 11 is 0. The number of rotatable bonds is 7. The van der Waals surface area contributed by atoms with Crippen molar-refractivity contribution in [2.75, 3.05) is 13.7 Å². The predicted molar refractivity (Wildman–Crippen MR) is 94.1 cm³/mol. The van der Waals surface area contributed by atoms with E-state index in [9.17, 15) is 4.79 Å². The first-order valence-corrected chi connectivity index (χ1v) is 8.62. The number of methoxy groups -OCH3 is 1. The Morgan fingerprint density at radius 1 is 1.50 bits per heavy atom. The lowest BCUT2D eigenvalue weighted by Crippen LogP contribution is -2.24.